The maximum absolute atomic E-state index is 12.4. The van der Waals surface area contributed by atoms with E-state index in [4.69, 9.17) is 0 Å². The molecule has 9 heteroatoms. The molecule has 0 saturated carbocycles. The lowest BCUT2D eigenvalue weighted by Crippen LogP contribution is -2.14. The van der Waals surface area contributed by atoms with Gasteiger partial charge in [0, 0.05) is 24.5 Å². The highest BCUT2D eigenvalue weighted by Crippen LogP contribution is 2.27. The van der Waals surface area contributed by atoms with E-state index in [1.54, 1.807) is 12.4 Å². The van der Waals surface area contributed by atoms with Gasteiger partial charge in [-0.25, -0.2) is 4.98 Å². The summed E-state index contributed by atoms with van der Waals surface area (Å²) in [6.07, 6.45) is 4.44. The Morgan fingerprint density at radius 3 is 2.89 bits per heavy atom. The van der Waals surface area contributed by atoms with E-state index in [1.165, 1.54) is 23.1 Å². The number of rotatable bonds is 7. The lowest BCUT2D eigenvalue weighted by Gasteiger charge is -2.08. The minimum atomic E-state index is -0.113. The van der Waals surface area contributed by atoms with Crippen LogP contribution in [-0.2, 0) is 11.3 Å². The average Bonchev–Trinajstić information content (AvgIpc) is 3.30. The van der Waals surface area contributed by atoms with Gasteiger partial charge in [-0.15, -0.1) is 10.2 Å². The third kappa shape index (κ3) is 4.05. The van der Waals surface area contributed by atoms with Crippen LogP contribution in [0.2, 0.25) is 0 Å². The van der Waals surface area contributed by atoms with Crippen LogP contribution in [0.5, 0.6) is 0 Å². The Hall–Kier alpha value is -2.78. The van der Waals surface area contributed by atoms with Crippen LogP contribution < -0.4 is 5.32 Å². The monoisotopic (exact) mass is 410 g/mol. The summed E-state index contributed by atoms with van der Waals surface area (Å²) in [5.74, 6) is 0.896. The number of nitrogens with one attached hydrogen (secondary N) is 1. The highest BCUT2D eigenvalue weighted by Gasteiger charge is 2.16. The molecule has 1 aromatic carbocycles. The molecule has 0 unspecified atom stereocenters. The number of hydrogen-bond acceptors (Lipinski definition) is 7. The van der Waals surface area contributed by atoms with Gasteiger partial charge in [-0.2, -0.15) is 0 Å². The largest absolute Gasteiger partial charge is 0.302 e. The summed E-state index contributed by atoms with van der Waals surface area (Å²) in [6, 6.07) is 11.6. The molecule has 0 saturated heterocycles. The van der Waals surface area contributed by atoms with Crippen molar-refractivity contribution < 1.29 is 4.79 Å². The van der Waals surface area contributed by atoms with Gasteiger partial charge in [-0.3, -0.25) is 9.78 Å². The summed E-state index contributed by atoms with van der Waals surface area (Å²) in [5.41, 5.74) is 1.80. The number of hydrogen-bond donors (Lipinski definition) is 1. The maximum Gasteiger partial charge on any atom is 0.236 e. The van der Waals surface area contributed by atoms with Crippen molar-refractivity contribution in [2.45, 2.75) is 25.0 Å². The van der Waals surface area contributed by atoms with Gasteiger partial charge in [-0.1, -0.05) is 42.2 Å². The fourth-order valence-corrected chi connectivity index (χ4v) is 4.39. The highest BCUT2D eigenvalue weighted by molar-refractivity contribution is 7.99. The molecule has 0 bridgehead atoms. The lowest BCUT2D eigenvalue weighted by atomic mass is 10.2. The number of pyridine rings is 1. The third-order valence-electron chi connectivity index (χ3n) is 3.96. The normalized spacial score (nSPS) is 11.0. The Morgan fingerprint density at radius 2 is 2.11 bits per heavy atom. The van der Waals surface area contributed by atoms with Gasteiger partial charge in [-0.05, 0) is 30.7 Å². The predicted octanol–water partition coefficient (Wildman–Crippen LogP) is 4.09. The van der Waals surface area contributed by atoms with Crippen molar-refractivity contribution in [1.82, 2.24) is 24.7 Å². The van der Waals surface area contributed by atoms with Crippen molar-refractivity contribution >= 4 is 44.4 Å². The Labute approximate surface area is 170 Å². The molecule has 0 fully saturated rings. The van der Waals surface area contributed by atoms with Crippen LogP contribution in [0.3, 0.4) is 0 Å². The Bertz CT molecular complexity index is 1060. The van der Waals surface area contributed by atoms with E-state index in [0.717, 1.165) is 39.7 Å². The summed E-state index contributed by atoms with van der Waals surface area (Å²) < 4.78 is 3.08. The summed E-state index contributed by atoms with van der Waals surface area (Å²) in [7, 11) is 0. The molecule has 0 radical (unpaired) electrons. The molecule has 4 rings (SSSR count). The number of carbonyl (C=O) groups excluding carboxylic acids is 1. The summed E-state index contributed by atoms with van der Waals surface area (Å²) in [4.78, 5) is 21.0. The van der Waals surface area contributed by atoms with Crippen LogP contribution in [0.15, 0.2) is 53.9 Å². The van der Waals surface area contributed by atoms with Crippen LogP contribution in [0, 0.1) is 0 Å². The Balaban J connectivity index is 1.45. The molecule has 142 valence electrons. The fourth-order valence-electron chi connectivity index (χ4n) is 2.74. The van der Waals surface area contributed by atoms with E-state index < -0.39 is 0 Å². The molecule has 0 spiro atoms. The van der Waals surface area contributed by atoms with Crippen LogP contribution in [-0.4, -0.2) is 36.4 Å². The second kappa shape index (κ2) is 8.49. The first-order valence-electron chi connectivity index (χ1n) is 8.86. The molecule has 4 aromatic rings. The number of benzene rings is 1. The molecule has 1 N–H and O–H groups in total. The van der Waals surface area contributed by atoms with Gasteiger partial charge in [0.15, 0.2) is 16.1 Å². The first-order chi connectivity index (χ1) is 13.7. The molecule has 0 atom stereocenters. The summed E-state index contributed by atoms with van der Waals surface area (Å²) >= 11 is 2.84. The van der Waals surface area contributed by atoms with Crippen molar-refractivity contribution in [2.75, 3.05) is 11.1 Å². The van der Waals surface area contributed by atoms with Crippen molar-refractivity contribution in [3.8, 4) is 11.4 Å². The summed E-state index contributed by atoms with van der Waals surface area (Å²) in [5, 5.41) is 12.8. The van der Waals surface area contributed by atoms with Crippen LogP contribution >= 0.6 is 23.1 Å². The number of amides is 1. The van der Waals surface area contributed by atoms with Gasteiger partial charge in [0.25, 0.3) is 0 Å². The molecule has 7 nitrogen and oxygen atoms in total. The predicted molar refractivity (Wildman–Crippen MR) is 113 cm³/mol. The fraction of sp³-hybridized carbons (Fsp3) is 0.211. The Kier molecular flexibility index (Phi) is 5.63. The van der Waals surface area contributed by atoms with Crippen LogP contribution in [0.4, 0.5) is 5.13 Å². The van der Waals surface area contributed by atoms with Gasteiger partial charge >= 0.3 is 0 Å². The number of thiazole rings is 1. The van der Waals surface area contributed by atoms with Crippen LogP contribution in [0.1, 0.15) is 13.3 Å². The van der Waals surface area contributed by atoms with Crippen LogP contribution in [0.25, 0.3) is 21.6 Å². The van der Waals surface area contributed by atoms with E-state index in [9.17, 15) is 4.79 Å². The molecule has 3 heterocycles. The third-order valence-corrected chi connectivity index (χ3v) is 5.87. The molecule has 1 amide bonds. The van der Waals surface area contributed by atoms with Gasteiger partial charge in [0.05, 0.1) is 16.0 Å². The second-order valence-corrected chi connectivity index (χ2v) is 8.00. The first kappa shape index (κ1) is 18.6. The standard InChI is InChI=1S/C19H18N6OS2/c1-2-10-25-17(13-6-5-9-20-11-13)23-24-19(25)27-12-16(26)22-18-21-14-7-3-4-8-15(14)28-18/h3-9,11H,2,10,12H2,1H3,(H,21,22,26). The van der Waals surface area contributed by atoms with E-state index in [0.29, 0.717) is 5.13 Å². The number of anilines is 1. The van der Waals surface area contributed by atoms with E-state index in [1.807, 2.05) is 41.0 Å². The minimum Gasteiger partial charge on any atom is -0.302 e. The zero-order valence-corrected chi connectivity index (χ0v) is 16.8. The number of para-hydroxylation sites is 1. The lowest BCUT2D eigenvalue weighted by molar-refractivity contribution is -0.113. The smallest absolute Gasteiger partial charge is 0.236 e. The number of fused-ring (bicyclic) bond motifs is 1. The van der Waals surface area contributed by atoms with Crippen molar-refractivity contribution in [1.29, 1.82) is 0 Å². The zero-order chi connectivity index (χ0) is 19.3. The SMILES string of the molecule is CCCn1c(SCC(=O)Nc2nc3ccccc3s2)nnc1-c1cccnc1. The molecule has 0 aliphatic carbocycles. The first-order valence-corrected chi connectivity index (χ1v) is 10.7. The topological polar surface area (TPSA) is 85.6 Å². The zero-order valence-electron chi connectivity index (χ0n) is 15.2. The van der Waals surface area contributed by atoms with Crippen molar-refractivity contribution in [3.63, 3.8) is 0 Å². The summed E-state index contributed by atoms with van der Waals surface area (Å²) in [6.45, 7) is 2.88. The number of nitrogens with zero attached hydrogens (tertiary/aromatic N) is 5. The van der Waals surface area contributed by atoms with E-state index in [2.05, 4.69) is 32.4 Å². The molecule has 0 aliphatic heterocycles. The minimum absolute atomic E-state index is 0.113. The van der Waals surface area contributed by atoms with E-state index >= 15 is 0 Å². The molecular weight excluding hydrogens is 392 g/mol. The van der Waals surface area contributed by atoms with Gasteiger partial charge < -0.3 is 9.88 Å². The number of carbonyl (C=O) groups is 1. The van der Waals surface area contributed by atoms with Crippen molar-refractivity contribution in [3.05, 3.63) is 48.8 Å². The van der Waals surface area contributed by atoms with Crippen molar-refractivity contribution in [2.24, 2.45) is 0 Å². The second-order valence-electron chi connectivity index (χ2n) is 6.02. The number of thioether (sulfide) groups is 1. The van der Waals surface area contributed by atoms with Gasteiger partial charge in [0.2, 0.25) is 5.91 Å². The molecule has 0 aliphatic rings. The van der Waals surface area contributed by atoms with Gasteiger partial charge in [0.1, 0.15) is 0 Å². The number of aromatic nitrogens is 5. The Morgan fingerprint density at radius 1 is 1.21 bits per heavy atom. The maximum atomic E-state index is 12.4. The average molecular weight is 411 g/mol. The van der Waals surface area contributed by atoms with E-state index in [-0.39, 0.29) is 11.7 Å². The molecular formula is C19H18N6OS2. The molecule has 28 heavy (non-hydrogen) atoms. The molecule has 3 aromatic heterocycles. The highest BCUT2D eigenvalue weighted by atomic mass is 32.2. The quantitative estimate of drug-likeness (QED) is 0.462.